The van der Waals surface area contributed by atoms with E-state index < -0.39 is 13.7 Å². The number of hydrogen-bond donors (Lipinski definition) is 1. The summed E-state index contributed by atoms with van der Waals surface area (Å²) in [6.07, 6.45) is 5.15. The summed E-state index contributed by atoms with van der Waals surface area (Å²) in [5, 5.41) is 4.39. The van der Waals surface area contributed by atoms with Crippen molar-refractivity contribution < 1.29 is 14.3 Å². The molecule has 0 aliphatic carbocycles. The van der Waals surface area contributed by atoms with Crippen LogP contribution in [0.5, 0.6) is 0 Å². The zero-order chi connectivity index (χ0) is 23.1. The van der Waals surface area contributed by atoms with Crippen molar-refractivity contribution in [2.75, 3.05) is 19.7 Å². The predicted octanol–water partition coefficient (Wildman–Crippen LogP) is 4.16. The van der Waals surface area contributed by atoms with E-state index in [1.165, 1.54) is 0 Å². The molecule has 2 unspecified atom stereocenters. The molecule has 2 aliphatic rings. The monoisotopic (exact) mass is 459 g/mol. The molecule has 2 aromatic heterocycles. The number of aromatic nitrogens is 3. The first-order valence-corrected chi connectivity index (χ1v) is 15.3. The molecule has 0 saturated carbocycles. The molecule has 176 valence electrons. The third kappa shape index (κ3) is 4.70. The van der Waals surface area contributed by atoms with Gasteiger partial charge in [0.25, 0.3) is 0 Å². The zero-order valence-corrected chi connectivity index (χ0v) is 21.3. The molecule has 2 aromatic rings. The molecule has 1 spiro atoms. The fourth-order valence-electron chi connectivity index (χ4n) is 4.66. The lowest BCUT2D eigenvalue weighted by molar-refractivity contribution is -0.0748. The molecule has 0 bridgehead atoms. The zero-order valence-electron chi connectivity index (χ0n) is 20.3. The van der Waals surface area contributed by atoms with Gasteiger partial charge in [0.15, 0.2) is 0 Å². The van der Waals surface area contributed by atoms with Crippen LogP contribution in [-0.2, 0) is 16.2 Å². The summed E-state index contributed by atoms with van der Waals surface area (Å²) < 4.78 is 13.7. The van der Waals surface area contributed by atoms with Gasteiger partial charge in [-0.25, -0.2) is 14.8 Å². The van der Waals surface area contributed by atoms with Gasteiger partial charge in [-0.1, -0.05) is 19.6 Å². The SMILES string of the molecule is CC(C)(C)OC(=O)N1C(c2ncnc3c2ccn3COCC[Si](C)(C)C)CC12CCNC2. The van der Waals surface area contributed by atoms with Gasteiger partial charge in [-0.15, -0.1) is 0 Å². The van der Waals surface area contributed by atoms with Gasteiger partial charge in [0.05, 0.1) is 17.3 Å². The van der Waals surface area contributed by atoms with Crippen LogP contribution in [0.4, 0.5) is 4.79 Å². The van der Waals surface area contributed by atoms with E-state index in [4.69, 9.17) is 9.47 Å². The Morgan fingerprint density at radius 1 is 1.31 bits per heavy atom. The highest BCUT2D eigenvalue weighted by Gasteiger charge is 2.57. The minimum atomic E-state index is -1.12. The van der Waals surface area contributed by atoms with Crippen LogP contribution < -0.4 is 5.32 Å². The molecule has 0 radical (unpaired) electrons. The third-order valence-electron chi connectivity index (χ3n) is 6.34. The maximum Gasteiger partial charge on any atom is 0.411 e. The van der Waals surface area contributed by atoms with Crippen LogP contribution in [0.1, 0.15) is 45.3 Å². The van der Waals surface area contributed by atoms with Crippen LogP contribution in [0.15, 0.2) is 18.6 Å². The summed E-state index contributed by atoms with van der Waals surface area (Å²) in [5.74, 6) is 0. The minimum absolute atomic E-state index is 0.112. The van der Waals surface area contributed by atoms with E-state index in [9.17, 15) is 4.79 Å². The highest BCUT2D eigenvalue weighted by molar-refractivity contribution is 6.76. The maximum absolute atomic E-state index is 13.2. The number of nitrogens with zero attached hydrogens (tertiary/aromatic N) is 4. The smallest absolute Gasteiger partial charge is 0.411 e. The van der Waals surface area contributed by atoms with E-state index in [0.717, 1.165) is 55.3 Å². The van der Waals surface area contributed by atoms with Crippen molar-refractivity contribution in [2.24, 2.45) is 0 Å². The number of fused-ring (bicyclic) bond motifs is 1. The van der Waals surface area contributed by atoms with Gasteiger partial charge < -0.3 is 19.4 Å². The number of ether oxygens (including phenoxy) is 2. The fourth-order valence-corrected chi connectivity index (χ4v) is 5.42. The maximum atomic E-state index is 13.2. The molecule has 1 amide bonds. The Morgan fingerprint density at radius 2 is 2.09 bits per heavy atom. The summed E-state index contributed by atoms with van der Waals surface area (Å²) in [4.78, 5) is 24.3. The van der Waals surface area contributed by atoms with E-state index in [0.29, 0.717) is 6.73 Å². The van der Waals surface area contributed by atoms with Crippen molar-refractivity contribution in [1.29, 1.82) is 0 Å². The minimum Gasteiger partial charge on any atom is -0.444 e. The average molecular weight is 460 g/mol. The number of nitrogens with one attached hydrogen (secondary N) is 1. The summed E-state index contributed by atoms with van der Waals surface area (Å²) in [6, 6.07) is 3.06. The average Bonchev–Trinajstić information content (AvgIpc) is 3.29. The van der Waals surface area contributed by atoms with E-state index in [-0.39, 0.29) is 17.7 Å². The second kappa shape index (κ2) is 8.42. The number of carbonyl (C=O) groups is 1. The highest BCUT2D eigenvalue weighted by Crippen LogP contribution is 2.50. The van der Waals surface area contributed by atoms with Crippen molar-refractivity contribution in [3.8, 4) is 0 Å². The fraction of sp³-hybridized carbons (Fsp3) is 0.696. The molecular formula is C23H37N5O3Si. The topological polar surface area (TPSA) is 81.5 Å². The highest BCUT2D eigenvalue weighted by atomic mass is 28.3. The molecule has 4 heterocycles. The Bertz CT molecular complexity index is 972. The van der Waals surface area contributed by atoms with Gasteiger partial charge in [-0.3, -0.25) is 4.90 Å². The Balaban J connectivity index is 1.56. The summed E-state index contributed by atoms with van der Waals surface area (Å²) in [6.45, 7) is 15.7. The molecule has 2 atom stereocenters. The number of carbonyl (C=O) groups excluding carboxylic acids is 1. The molecule has 1 N–H and O–H groups in total. The number of rotatable bonds is 6. The molecule has 2 saturated heterocycles. The van der Waals surface area contributed by atoms with Gasteiger partial charge in [-0.2, -0.15) is 0 Å². The second-order valence-corrected chi connectivity index (χ2v) is 17.0. The van der Waals surface area contributed by atoms with Crippen LogP contribution in [-0.4, -0.2) is 64.4 Å². The van der Waals surface area contributed by atoms with E-state index in [1.54, 1.807) is 6.33 Å². The molecule has 8 nitrogen and oxygen atoms in total. The normalized spacial score (nSPS) is 23.7. The lowest BCUT2D eigenvalue weighted by Crippen LogP contribution is -2.65. The number of likely N-dealkylation sites (tertiary alicyclic amines) is 1. The quantitative estimate of drug-likeness (QED) is 0.516. The lowest BCUT2D eigenvalue weighted by atomic mass is 9.76. The van der Waals surface area contributed by atoms with E-state index >= 15 is 0 Å². The number of hydrogen-bond acceptors (Lipinski definition) is 6. The molecule has 9 heteroatoms. The van der Waals surface area contributed by atoms with Crippen LogP contribution >= 0.6 is 0 Å². The van der Waals surface area contributed by atoms with Gasteiger partial charge >= 0.3 is 6.09 Å². The standard InChI is InChI=1S/C23H37N5O3Si/c1-22(2,3)31-21(29)28-18(13-23(28)8-9-24-14-23)19-17-7-10-27(20(17)26-15-25-19)16-30-11-12-32(4,5)6/h7,10,15,18,24H,8-9,11-14,16H2,1-6H3. The van der Waals surface area contributed by atoms with Crippen LogP contribution in [0.2, 0.25) is 25.7 Å². The van der Waals surface area contributed by atoms with Gasteiger partial charge in [-0.05, 0) is 52.3 Å². The van der Waals surface area contributed by atoms with Crippen molar-refractivity contribution in [1.82, 2.24) is 24.8 Å². The van der Waals surface area contributed by atoms with Crippen LogP contribution in [0.3, 0.4) is 0 Å². The largest absolute Gasteiger partial charge is 0.444 e. The van der Waals surface area contributed by atoms with Gasteiger partial charge in [0.1, 0.15) is 24.3 Å². The summed E-state index contributed by atoms with van der Waals surface area (Å²) >= 11 is 0. The summed E-state index contributed by atoms with van der Waals surface area (Å²) in [7, 11) is -1.12. The van der Waals surface area contributed by atoms with Gasteiger partial charge in [0.2, 0.25) is 0 Å². The molecule has 0 aromatic carbocycles. The molecule has 2 fully saturated rings. The van der Waals surface area contributed by atoms with Crippen LogP contribution in [0, 0.1) is 0 Å². The first-order valence-electron chi connectivity index (χ1n) is 11.6. The first-order chi connectivity index (χ1) is 15.0. The molecular weight excluding hydrogens is 422 g/mol. The van der Waals surface area contributed by atoms with E-state index in [1.807, 2.05) is 42.5 Å². The van der Waals surface area contributed by atoms with Crippen molar-refractivity contribution in [2.45, 2.75) is 83.2 Å². The predicted molar refractivity (Wildman–Crippen MR) is 127 cm³/mol. The second-order valence-electron chi connectivity index (χ2n) is 11.4. The van der Waals surface area contributed by atoms with Crippen molar-refractivity contribution in [3.63, 3.8) is 0 Å². The Hall–Kier alpha value is -1.97. The van der Waals surface area contributed by atoms with E-state index in [2.05, 4.69) is 34.9 Å². The van der Waals surface area contributed by atoms with Crippen molar-refractivity contribution in [3.05, 3.63) is 24.3 Å². The Labute approximate surface area is 191 Å². The van der Waals surface area contributed by atoms with Gasteiger partial charge in [0, 0.05) is 32.8 Å². The molecule has 4 rings (SSSR count). The number of amides is 1. The molecule has 32 heavy (non-hydrogen) atoms. The van der Waals surface area contributed by atoms with Crippen molar-refractivity contribution >= 4 is 25.2 Å². The first kappa shape index (κ1) is 23.2. The molecule has 2 aliphatic heterocycles. The summed E-state index contributed by atoms with van der Waals surface area (Å²) in [5.41, 5.74) is 1.01. The Kier molecular flexibility index (Phi) is 6.11. The third-order valence-corrected chi connectivity index (χ3v) is 8.04. The van der Waals surface area contributed by atoms with Crippen LogP contribution in [0.25, 0.3) is 11.0 Å². The lowest BCUT2D eigenvalue weighted by Gasteiger charge is -2.55. The Morgan fingerprint density at radius 3 is 2.75 bits per heavy atom.